The fourth-order valence-electron chi connectivity index (χ4n) is 3.45. The minimum absolute atomic E-state index is 0.108. The molecule has 142 valence electrons. The quantitative estimate of drug-likeness (QED) is 0.383. The molecular formula is C19H42O2Si3. The molecule has 0 rings (SSSR count). The van der Waals surface area contributed by atoms with E-state index in [1.807, 2.05) is 5.70 Å². The zero-order valence-corrected chi connectivity index (χ0v) is 21.0. The van der Waals surface area contributed by atoms with E-state index >= 15 is 0 Å². The molecule has 0 aromatic carbocycles. The van der Waals surface area contributed by atoms with E-state index in [-0.39, 0.29) is 10.4 Å². The minimum Gasteiger partial charge on any atom is -0.412 e. The summed E-state index contributed by atoms with van der Waals surface area (Å²) in [5, 5.41) is -0.276. The third kappa shape index (κ3) is 4.81. The molecule has 0 aliphatic heterocycles. The molecule has 0 aromatic rings. The van der Waals surface area contributed by atoms with Gasteiger partial charge in [-0.3, -0.25) is 0 Å². The summed E-state index contributed by atoms with van der Waals surface area (Å²) < 4.78 is 13.9. The Morgan fingerprint density at radius 1 is 0.792 bits per heavy atom. The molecule has 0 aromatic heterocycles. The minimum atomic E-state index is -2.14. The van der Waals surface area contributed by atoms with Crippen molar-refractivity contribution in [3.05, 3.63) is 24.6 Å². The molecule has 2 nitrogen and oxygen atoms in total. The maximum atomic E-state index is 7.06. The number of hydrogen-bond donors (Lipinski definition) is 0. The van der Waals surface area contributed by atoms with Crippen molar-refractivity contribution in [1.29, 1.82) is 0 Å². The van der Waals surface area contributed by atoms with Crippen molar-refractivity contribution in [2.75, 3.05) is 0 Å². The van der Waals surface area contributed by atoms with Gasteiger partial charge in [-0.1, -0.05) is 45.3 Å². The molecular weight excluding hydrogens is 344 g/mol. The van der Waals surface area contributed by atoms with Crippen LogP contribution in [0.3, 0.4) is 0 Å². The lowest BCUT2D eigenvalue weighted by atomic mass is 10.2. The topological polar surface area (TPSA) is 18.5 Å². The van der Waals surface area contributed by atoms with Gasteiger partial charge in [-0.2, -0.15) is 0 Å². The average Bonchev–Trinajstić information content (AvgIpc) is 2.51. The van der Waals surface area contributed by atoms with Crippen LogP contribution in [0.4, 0.5) is 0 Å². The Labute approximate surface area is 155 Å². The molecule has 0 saturated carbocycles. The van der Waals surface area contributed by atoms with Crippen molar-refractivity contribution < 1.29 is 8.85 Å². The van der Waals surface area contributed by atoms with Gasteiger partial charge in [0.05, 0.1) is 5.22 Å². The summed E-state index contributed by atoms with van der Waals surface area (Å²) in [6.07, 6.45) is 2.99. The smallest absolute Gasteiger partial charge is 0.217 e. The van der Waals surface area contributed by atoms with E-state index in [2.05, 4.69) is 85.8 Å². The van der Waals surface area contributed by atoms with Crippen LogP contribution in [0.25, 0.3) is 0 Å². The molecule has 24 heavy (non-hydrogen) atoms. The van der Waals surface area contributed by atoms with Crippen LogP contribution in [0.15, 0.2) is 24.6 Å². The second kappa shape index (κ2) is 8.16. The largest absolute Gasteiger partial charge is 0.412 e. The van der Waals surface area contributed by atoms with Gasteiger partial charge < -0.3 is 8.85 Å². The van der Waals surface area contributed by atoms with E-state index in [9.17, 15) is 0 Å². The third-order valence-corrected chi connectivity index (χ3v) is 16.7. The van der Waals surface area contributed by atoms with E-state index in [1.54, 1.807) is 0 Å². The molecule has 0 fully saturated rings. The van der Waals surface area contributed by atoms with Crippen molar-refractivity contribution in [3.8, 4) is 0 Å². The third-order valence-electron chi connectivity index (χ3n) is 6.22. The molecule has 0 saturated heterocycles. The van der Waals surface area contributed by atoms with Crippen molar-refractivity contribution in [2.45, 2.75) is 96.7 Å². The van der Waals surface area contributed by atoms with Crippen molar-refractivity contribution in [3.63, 3.8) is 0 Å². The molecule has 0 heterocycles. The second-order valence-electron chi connectivity index (χ2n) is 8.73. The Kier molecular flexibility index (Phi) is 8.18. The molecule has 0 radical (unpaired) electrons. The lowest BCUT2D eigenvalue weighted by Gasteiger charge is -2.53. The first-order valence-corrected chi connectivity index (χ1v) is 18.4. The summed E-state index contributed by atoms with van der Waals surface area (Å²) in [6, 6.07) is 0. The number of rotatable bonds is 11. The lowest BCUT2D eigenvalue weighted by Crippen LogP contribution is -2.67. The van der Waals surface area contributed by atoms with Gasteiger partial charge in [0.2, 0.25) is 16.6 Å². The second-order valence-corrected chi connectivity index (χ2v) is 21.6. The first-order chi connectivity index (χ1) is 10.7. The highest BCUT2D eigenvalue weighted by Gasteiger charge is 2.54. The molecule has 5 heteroatoms. The molecule has 1 unspecified atom stereocenters. The fraction of sp³-hybridized carbons (Fsp3) is 0.789. The lowest BCUT2D eigenvalue weighted by molar-refractivity contribution is 0.0644. The highest BCUT2D eigenvalue weighted by Crippen LogP contribution is 2.41. The predicted molar refractivity (Wildman–Crippen MR) is 117 cm³/mol. The van der Waals surface area contributed by atoms with Crippen LogP contribution in [0.2, 0.25) is 39.3 Å². The Balaban J connectivity index is 5.94. The van der Waals surface area contributed by atoms with E-state index in [1.165, 1.54) is 0 Å². The van der Waals surface area contributed by atoms with Gasteiger partial charge in [-0.15, -0.1) is 13.2 Å². The monoisotopic (exact) mass is 386 g/mol. The van der Waals surface area contributed by atoms with Crippen molar-refractivity contribution >= 4 is 24.7 Å². The summed E-state index contributed by atoms with van der Waals surface area (Å²) >= 11 is 0. The summed E-state index contributed by atoms with van der Waals surface area (Å²) in [7, 11) is -5.73. The predicted octanol–water partition coefficient (Wildman–Crippen LogP) is 6.39. The van der Waals surface area contributed by atoms with Gasteiger partial charge in [0, 0.05) is 5.22 Å². The van der Waals surface area contributed by atoms with Crippen LogP contribution in [-0.4, -0.2) is 35.2 Å². The van der Waals surface area contributed by atoms with Crippen LogP contribution in [0.5, 0.6) is 0 Å². The highest BCUT2D eigenvalue weighted by atomic mass is 28.4. The van der Waals surface area contributed by atoms with Crippen LogP contribution < -0.4 is 0 Å². The summed E-state index contributed by atoms with van der Waals surface area (Å²) in [5.41, 5.74) is 4.21. The van der Waals surface area contributed by atoms with Gasteiger partial charge in [-0.25, -0.2) is 0 Å². The Hall–Kier alpha value is 0.0506. The average molecular weight is 387 g/mol. The van der Waals surface area contributed by atoms with Crippen molar-refractivity contribution in [2.24, 2.45) is 0 Å². The van der Waals surface area contributed by atoms with Crippen LogP contribution >= 0.6 is 0 Å². The van der Waals surface area contributed by atoms with E-state index in [4.69, 9.17) is 8.85 Å². The van der Waals surface area contributed by atoms with E-state index < -0.39 is 24.7 Å². The first-order valence-electron chi connectivity index (χ1n) is 9.39. The van der Waals surface area contributed by atoms with Gasteiger partial charge in [0.15, 0.2) is 0 Å². The van der Waals surface area contributed by atoms with E-state index in [0.29, 0.717) is 0 Å². The summed E-state index contributed by atoms with van der Waals surface area (Å²) in [4.78, 5) is 0. The molecule has 0 N–H and O–H groups in total. The molecule has 1 atom stereocenters. The Morgan fingerprint density at radius 2 is 1.25 bits per heavy atom. The SMILES string of the molecule is C=C[Si](C)(C)OC(CC)(CC)[Si](C)(C)OC(C)(CC)[Si](C)(C)C=C. The molecule has 0 aliphatic rings. The maximum Gasteiger partial charge on any atom is 0.217 e. The Bertz CT molecular complexity index is 440. The molecule has 0 aliphatic carbocycles. The molecule has 0 amide bonds. The van der Waals surface area contributed by atoms with Gasteiger partial charge >= 0.3 is 0 Å². The van der Waals surface area contributed by atoms with Crippen LogP contribution in [0, 0.1) is 0 Å². The maximum absolute atomic E-state index is 7.06. The number of hydrogen-bond acceptors (Lipinski definition) is 2. The van der Waals surface area contributed by atoms with Crippen LogP contribution in [0.1, 0.15) is 47.0 Å². The van der Waals surface area contributed by atoms with Gasteiger partial charge in [-0.05, 0) is 52.4 Å². The fourth-order valence-corrected chi connectivity index (χ4v) is 12.9. The first kappa shape index (κ1) is 24.1. The standard InChI is InChI=1S/C19H42O2Si3/c1-13-18(6,22(7,8)16-4)20-24(11,12)19(14-2,15-3)21-23(9,10)17-5/h16-17H,4-5,13-15H2,1-3,6-12H3. The zero-order valence-electron chi connectivity index (χ0n) is 18.0. The summed E-state index contributed by atoms with van der Waals surface area (Å²) in [5.74, 6) is 0. The molecule has 0 spiro atoms. The summed E-state index contributed by atoms with van der Waals surface area (Å²) in [6.45, 7) is 31.0. The van der Waals surface area contributed by atoms with E-state index in [0.717, 1.165) is 19.3 Å². The van der Waals surface area contributed by atoms with Crippen LogP contribution in [-0.2, 0) is 8.85 Å². The molecule has 0 bridgehead atoms. The van der Waals surface area contributed by atoms with Crippen molar-refractivity contribution in [1.82, 2.24) is 0 Å². The highest BCUT2D eigenvalue weighted by molar-refractivity contribution is 6.86. The normalized spacial score (nSPS) is 16.6. The Morgan fingerprint density at radius 3 is 1.54 bits per heavy atom. The van der Waals surface area contributed by atoms with Gasteiger partial charge in [0.25, 0.3) is 0 Å². The zero-order chi connectivity index (χ0) is 19.4. The van der Waals surface area contributed by atoms with Gasteiger partial charge in [0.1, 0.15) is 8.07 Å².